The van der Waals surface area contributed by atoms with Crippen molar-refractivity contribution < 1.29 is 40.9 Å². The Kier molecular flexibility index (Phi) is 12.8. The minimum atomic E-state index is -4.45. The van der Waals surface area contributed by atoms with Gasteiger partial charge in [-0.05, 0) is 48.5 Å². The quantitative estimate of drug-likeness (QED) is 0.199. The maximum Gasteiger partial charge on any atom is 0.358 e. The molecule has 0 fully saturated rings. The number of carbonyl (C=O) groups is 1. The Bertz CT molecular complexity index is 1410. The summed E-state index contributed by atoms with van der Waals surface area (Å²) in [7, 11) is -8.86. The van der Waals surface area contributed by atoms with Gasteiger partial charge in [0, 0.05) is 88.7 Å². The molecule has 0 unspecified atom stereocenters. The van der Waals surface area contributed by atoms with Crippen molar-refractivity contribution in [1.82, 2.24) is 9.78 Å². The van der Waals surface area contributed by atoms with Gasteiger partial charge in [0.1, 0.15) is 0 Å². The first kappa shape index (κ1) is 33.3. The minimum absolute atomic E-state index is 0. The Morgan fingerprint density at radius 1 is 0.794 bits per heavy atom. The summed E-state index contributed by atoms with van der Waals surface area (Å²) < 4.78 is 63.1. The fourth-order valence-corrected chi connectivity index (χ4v) is 3.33. The fraction of sp³-hybridized carbons (Fsp3) is 0. The predicted molar refractivity (Wildman–Crippen MR) is 120 cm³/mol. The van der Waals surface area contributed by atoms with Gasteiger partial charge in [-0.15, -0.1) is 5.11 Å². The Labute approximate surface area is 259 Å². The van der Waals surface area contributed by atoms with Gasteiger partial charge < -0.3 is 10.2 Å². The van der Waals surface area contributed by atoms with Crippen molar-refractivity contribution in [2.45, 2.75) is 9.79 Å². The van der Waals surface area contributed by atoms with Gasteiger partial charge in [0.15, 0.2) is 5.69 Å². The van der Waals surface area contributed by atoms with E-state index >= 15 is 0 Å². The molecule has 165 valence electrons. The monoisotopic (exact) mass is 537 g/mol. The van der Waals surface area contributed by atoms with E-state index in [0.29, 0.717) is 0 Å². The first-order chi connectivity index (χ1) is 14.4. The Morgan fingerprint density at radius 2 is 1.24 bits per heavy atom. The first-order valence-corrected chi connectivity index (χ1v) is 10.9. The molecule has 1 aromatic heterocycles. The second kappa shape index (κ2) is 13.0. The van der Waals surface area contributed by atoms with Crippen molar-refractivity contribution in [1.29, 1.82) is 0 Å². The molecule has 1 heterocycles. The number of azo groups is 1. The van der Waals surface area contributed by atoms with E-state index in [1.807, 2.05) is 0 Å². The van der Waals surface area contributed by atoms with Crippen LogP contribution in [0.1, 0.15) is 10.5 Å². The Hall–Kier alpha value is -0.660. The van der Waals surface area contributed by atoms with Crippen molar-refractivity contribution in [2.75, 3.05) is 0 Å². The summed E-state index contributed by atoms with van der Waals surface area (Å²) in [4.78, 5) is 10.7. The molecule has 18 heteroatoms. The van der Waals surface area contributed by atoms with Crippen molar-refractivity contribution >= 4 is 126 Å². The smallest absolute Gasteiger partial charge is 0.358 e. The van der Waals surface area contributed by atoms with Crippen LogP contribution in [0, 0.1) is 0 Å². The zero-order valence-electron chi connectivity index (χ0n) is 18.1. The molecule has 0 saturated carbocycles. The summed E-state index contributed by atoms with van der Waals surface area (Å²) in [6.45, 7) is 0. The summed E-state index contributed by atoms with van der Waals surface area (Å²) in [5, 5.41) is 30.8. The molecule has 3 rings (SSSR count). The van der Waals surface area contributed by atoms with Gasteiger partial charge in [-0.2, -0.15) is 31.7 Å². The molecule has 0 bridgehead atoms. The number of nitrogens with zero attached hydrogens (tertiary/aromatic N) is 4. The Balaban J connectivity index is 0.00000363. The van der Waals surface area contributed by atoms with Crippen molar-refractivity contribution in [3.05, 3.63) is 54.2 Å². The normalized spacial score (nSPS) is 11.2. The molecule has 0 aliphatic carbocycles. The van der Waals surface area contributed by atoms with Gasteiger partial charge >= 0.3 is 5.97 Å². The van der Waals surface area contributed by atoms with E-state index < -0.39 is 48.4 Å². The zero-order valence-corrected chi connectivity index (χ0v) is 25.7. The average molecular weight is 537 g/mol. The van der Waals surface area contributed by atoms with E-state index in [0.717, 1.165) is 41.1 Å². The van der Waals surface area contributed by atoms with E-state index in [-0.39, 0.29) is 105 Å². The summed E-state index contributed by atoms with van der Waals surface area (Å²) in [6.07, 6.45) is 0. The molecular weight excluding hydrogens is 525 g/mol. The van der Waals surface area contributed by atoms with Gasteiger partial charge in [0.2, 0.25) is 11.6 Å². The van der Waals surface area contributed by atoms with Crippen LogP contribution in [0.15, 0.2) is 68.6 Å². The van der Waals surface area contributed by atoms with Gasteiger partial charge in [-0.3, -0.25) is 9.11 Å². The molecule has 0 aliphatic rings. The van der Waals surface area contributed by atoms with Crippen molar-refractivity contribution in [3.8, 4) is 11.6 Å². The molecule has 0 spiro atoms. The number of aromatic hydroxyl groups is 1. The third kappa shape index (κ3) is 7.92. The second-order valence-corrected chi connectivity index (χ2v) is 8.72. The summed E-state index contributed by atoms with van der Waals surface area (Å²) in [6, 6.07) is 8.82. The van der Waals surface area contributed by atoms with Crippen molar-refractivity contribution in [2.24, 2.45) is 10.2 Å². The molecule has 0 amide bonds. The number of hydrogen-bond acceptors (Lipinski definition) is 9. The number of benzene rings is 2. The topological polar surface area (TPSA) is 209 Å². The molecule has 13 nitrogen and oxygen atoms in total. The average Bonchev–Trinajstić information content (AvgIpc) is 3.02. The molecule has 2 aromatic carbocycles. The van der Waals surface area contributed by atoms with E-state index in [1.54, 1.807) is 0 Å². The van der Waals surface area contributed by atoms with Crippen LogP contribution in [-0.2, 0) is 20.2 Å². The standard InChI is InChI=1S/C16H12N4O9S2.3Na/c21-15-13(18-17-9-1-5-11(6-2-9)30(24,25)26)14(16(22)23)19-20(15)10-3-7-12(8-4-10)31(27,28)29;;;/h1-8,21H,(H,22,23)(H,24,25,26)(H,27,28,29);;;/b18-17+;;;. The van der Waals surface area contributed by atoms with Gasteiger partial charge in [-0.25, -0.2) is 4.79 Å². The van der Waals surface area contributed by atoms with Crippen LogP contribution in [-0.4, -0.2) is 141 Å². The second-order valence-electron chi connectivity index (χ2n) is 5.88. The molecule has 0 atom stereocenters. The van der Waals surface area contributed by atoms with Crippen molar-refractivity contribution in [3.63, 3.8) is 0 Å². The molecule has 34 heavy (non-hydrogen) atoms. The third-order valence-corrected chi connectivity index (χ3v) is 5.55. The zero-order chi connectivity index (χ0) is 23.0. The number of rotatable bonds is 6. The van der Waals surface area contributed by atoms with E-state index in [9.17, 15) is 31.8 Å². The van der Waals surface area contributed by atoms with E-state index in [1.165, 1.54) is 12.1 Å². The van der Waals surface area contributed by atoms with Crippen LogP contribution in [0.25, 0.3) is 5.69 Å². The van der Waals surface area contributed by atoms with E-state index in [4.69, 9.17) is 9.11 Å². The maximum absolute atomic E-state index is 11.5. The van der Waals surface area contributed by atoms with E-state index in [2.05, 4.69) is 15.3 Å². The van der Waals surface area contributed by atoms with Gasteiger partial charge in [0.05, 0.1) is 21.2 Å². The number of carboxylic acid groups (broad SMARTS) is 1. The van der Waals surface area contributed by atoms with Crippen LogP contribution in [0.2, 0.25) is 0 Å². The fourth-order valence-electron chi connectivity index (χ4n) is 2.37. The number of aromatic nitrogens is 2. The number of aromatic carboxylic acids is 1. The van der Waals surface area contributed by atoms with Crippen LogP contribution in [0.5, 0.6) is 5.88 Å². The van der Waals surface area contributed by atoms with Crippen LogP contribution < -0.4 is 0 Å². The number of hydrogen-bond donors (Lipinski definition) is 4. The summed E-state index contributed by atoms with van der Waals surface area (Å²) in [5.41, 5.74) is -1.06. The molecule has 3 radical (unpaired) electrons. The largest absolute Gasteiger partial charge is 0.492 e. The predicted octanol–water partition coefficient (Wildman–Crippen LogP) is 1.04. The molecule has 3 aromatic rings. The van der Waals surface area contributed by atoms with Crippen LogP contribution >= 0.6 is 0 Å². The molecular formula is C16H12N4Na3O9S2. The van der Waals surface area contributed by atoms with Gasteiger partial charge in [0.25, 0.3) is 20.2 Å². The van der Waals surface area contributed by atoms with Crippen LogP contribution in [0.3, 0.4) is 0 Å². The van der Waals surface area contributed by atoms with Crippen LogP contribution in [0.4, 0.5) is 11.4 Å². The molecule has 0 aliphatic heterocycles. The molecule has 0 saturated heterocycles. The maximum atomic E-state index is 11.5. The number of carboxylic acids is 1. The SMILES string of the molecule is O=C(O)c1nn(-c2ccc(S(=O)(=O)O)cc2)c(O)c1/N=N/c1ccc(S(=O)(=O)O)cc1.[Na].[Na].[Na]. The summed E-state index contributed by atoms with van der Waals surface area (Å²) in [5.74, 6) is -2.27. The Morgan fingerprint density at radius 3 is 1.65 bits per heavy atom. The third-order valence-electron chi connectivity index (χ3n) is 3.82. The minimum Gasteiger partial charge on any atom is -0.492 e. The first-order valence-electron chi connectivity index (χ1n) is 8.00. The molecule has 4 N–H and O–H groups in total. The summed E-state index contributed by atoms with van der Waals surface area (Å²) >= 11 is 0. The van der Waals surface area contributed by atoms with Gasteiger partial charge in [-0.1, -0.05) is 0 Å².